The van der Waals surface area contributed by atoms with Crippen molar-refractivity contribution in [2.45, 2.75) is 55.8 Å². The van der Waals surface area contributed by atoms with Crippen LogP contribution in [-0.4, -0.2) is 23.4 Å². The standard InChI is InChI=1S/C59H52O4/c60-46-32-24-42(25-33-46)58(54-20-10-6-16-50(54)51-17-7-11-21-55(51)58)44-28-36-48(37-29-44)62-40-14-4-2-1-3-5-15-41-63-49-38-30-45(31-39-49)59(43-26-34-47(61)35-27-43)56-22-12-8-18-52(56)53-19-9-13-23-57(53)59/h6-13,16-39,60-61H,1-5,14-15,40-41H2. The fraction of sp³-hybridized carbons (Fsp3) is 0.186. The lowest BCUT2D eigenvalue weighted by atomic mass is 9.68. The van der Waals surface area contributed by atoms with E-state index in [-0.39, 0.29) is 11.5 Å². The molecule has 10 rings (SSSR count). The highest BCUT2D eigenvalue weighted by atomic mass is 16.5. The van der Waals surface area contributed by atoms with Gasteiger partial charge in [-0.1, -0.05) is 178 Å². The molecule has 0 spiro atoms. The van der Waals surface area contributed by atoms with Gasteiger partial charge in [-0.15, -0.1) is 0 Å². The van der Waals surface area contributed by atoms with Crippen LogP contribution in [0.1, 0.15) is 89.5 Å². The number of hydrogen-bond acceptors (Lipinski definition) is 4. The minimum Gasteiger partial charge on any atom is -0.508 e. The van der Waals surface area contributed by atoms with Gasteiger partial charge in [-0.05, 0) is 128 Å². The molecule has 0 bridgehead atoms. The van der Waals surface area contributed by atoms with E-state index in [0.29, 0.717) is 13.2 Å². The highest BCUT2D eigenvalue weighted by Gasteiger charge is 2.47. The Morgan fingerprint density at radius 2 is 0.540 bits per heavy atom. The SMILES string of the molecule is Oc1ccc(C2(c3ccc(OCCCCCCCCCOc4ccc(C5(c6ccc(O)cc6)c6ccccc6-c6ccccc65)cc4)cc3)c3ccccc3-c3ccccc32)cc1. The first-order valence-electron chi connectivity index (χ1n) is 22.5. The summed E-state index contributed by atoms with van der Waals surface area (Å²) in [6, 6.07) is 67.4. The Hall–Kier alpha value is -7.04. The van der Waals surface area contributed by atoms with Crippen molar-refractivity contribution >= 4 is 0 Å². The zero-order valence-electron chi connectivity index (χ0n) is 35.6. The second-order valence-corrected chi connectivity index (χ2v) is 17.0. The van der Waals surface area contributed by atoms with Crippen molar-refractivity contribution in [3.8, 4) is 45.3 Å². The number of benzene rings is 8. The smallest absolute Gasteiger partial charge is 0.119 e. The van der Waals surface area contributed by atoms with E-state index in [1.165, 1.54) is 74.9 Å². The molecule has 8 aromatic rings. The zero-order chi connectivity index (χ0) is 42.6. The maximum absolute atomic E-state index is 10.2. The normalized spacial score (nSPS) is 13.7. The fourth-order valence-corrected chi connectivity index (χ4v) is 10.5. The van der Waals surface area contributed by atoms with Crippen LogP contribution in [0.25, 0.3) is 22.3 Å². The molecule has 0 saturated heterocycles. The third-order valence-electron chi connectivity index (χ3n) is 13.4. The number of hydrogen-bond donors (Lipinski definition) is 2. The summed E-state index contributed by atoms with van der Waals surface area (Å²) >= 11 is 0. The summed E-state index contributed by atoms with van der Waals surface area (Å²) < 4.78 is 12.5. The molecule has 0 fully saturated rings. The van der Waals surface area contributed by atoms with Crippen LogP contribution < -0.4 is 9.47 Å². The van der Waals surface area contributed by atoms with E-state index in [1.807, 2.05) is 0 Å². The maximum Gasteiger partial charge on any atom is 0.119 e. The molecule has 0 aromatic heterocycles. The average Bonchev–Trinajstić information content (AvgIpc) is 3.80. The van der Waals surface area contributed by atoms with Crippen molar-refractivity contribution in [1.29, 1.82) is 0 Å². The van der Waals surface area contributed by atoms with Crippen molar-refractivity contribution < 1.29 is 19.7 Å². The Morgan fingerprint density at radius 3 is 0.841 bits per heavy atom. The van der Waals surface area contributed by atoms with Crippen LogP contribution in [0.5, 0.6) is 23.0 Å². The molecular formula is C59H52O4. The summed E-state index contributed by atoms with van der Waals surface area (Å²) in [7, 11) is 0. The minimum absolute atomic E-state index is 0.265. The summed E-state index contributed by atoms with van der Waals surface area (Å²) in [6.07, 6.45) is 7.99. The second kappa shape index (κ2) is 17.4. The summed E-state index contributed by atoms with van der Waals surface area (Å²) in [5.74, 6) is 2.31. The number of rotatable bonds is 16. The molecule has 4 heteroatoms. The Kier molecular flexibility index (Phi) is 11.0. The first kappa shape index (κ1) is 40.1. The van der Waals surface area contributed by atoms with Gasteiger partial charge in [0.2, 0.25) is 0 Å². The number of fused-ring (bicyclic) bond motifs is 6. The molecule has 0 amide bonds. The van der Waals surface area contributed by atoms with Crippen molar-refractivity contribution in [3.05, 3.63) is 239 Å². The minimum atomic E-state index is -0.492. The van der Waals surface area contributed by atoms with Crippen molar-refractivity contribution in [1.82, 2.24) is 0 Å². The van der Waals surface area contributed by atoms with E-state index in [0.717, 1.165) is 48.3 Å². The van der Waals surface area contributed by atoms with Crippen molar-refractivity contribution in [2.24, 2.45) is 0 Å². The van der Waals surface area contributed by atoms with Gasteiger partial charge in [-0.3, -0.25) is 0 Å². The van der Waals surface area contributed by atoms with E-state index >= 15 is 0 Å². The Balaban J connectivity index is 0.696. The van der Waals surface area contributed by atoms with Crippen LogP contribution in [0.15, 0.2) is 194 Å². The van der Waals surface area contributed by atoms with Crippen LogP contribution in [-0.2, 0) is 10.8 Å². The van der Waals surface area contributed by atoms with Crippen LogP contribution in [0, 0.1) is 0 Å². The first-order valence-corrected chi connectivity index (χ1v) is 22.5. The summed E-state index contributed by atoms with van der Waals surface area (Å²) in [5.41, 5.74) is 13.6. The topological polar surface area (TPSA) is 58.9 Å². The van der Waals surface area contributed by atoms with Gasteiger partial charge in [0.05, 0.1) is 24.0 Å². The predicted octanol–water partition coefficient (Wildman–Crippen LogP) is 14.0. The quantitative estimate of drug-likeness (QED) is 0.0953. The van der Waals surface area contributed by atoms with E-state index in [4.69, 9.17) is 9.47 Å². The molecule has 312 valence electrons. The lowest BCUT2D eigenvalue weighted by molar-refractivity contribution is 0.299. The highest BCUT2D eigenvalue weighted by Crippen LogP contribution is 2.57. The molecule has 2 aliphatic rings. The van der Waals surface area contributed by atoms with Crippen molar-refractivity contribution in [3.63, 3.8) is 0 Å². The van der Waals surface area contributed by atoms with Gasteiger partial charge in [0, 0.05) is 0 Å². The maximum atomic E-state index is 10.2. The average molecular weight is 825 g/mol. The van der Waals surface area contributed by atoms with Crippen LogP contribution >= 0.6 is 0 Å². The summed E-state index contributed by atoms with van der Waals surface area (Å²) in [4.78, 5) is 0. The number of aromatic hydroxyl groups is 2. The summed E-state index contributed by atoms with van der Waals surface area (Å²) in [5, 5.41) is 20.4. The molecule has 0 aliphatic heterocycles. The van der Waals surface area contributed by atoms with Crippen LogP contribution in [0.3, 0.4) is 0 Å². The van der Waals surface area contributed by atoms with Gasteiger partial charge in [0.1, 0.15) is 23.0 Å². The van der Waals surface area contributed by atoms with Gasteiger partial charge in [0.15, 0.2) is 0 Å². The third-order valence-corrected chi connectivity index (χ3v) is 13.4. The van der Waals surface area contributed by atoms with Crippen molar-refractivity contribution in [2.75, 3.05) is 13.2 Å². The van der Waals surface area contributed by atoms with E-state index in [9.17, 15) is 10.2 Å². The zero-order valence-corrected chi connectivity index (χ0v) is 35.6. The molecular weight excluding hydrogens is 773 g/mol. The van der Waals surface area contributed by atoms with E-state index in [1.54, 1.807) is 24.3 Å². The molecule has 0 unspecified atom stereocenters. The lowest BCUT2D eigenvalue weighted by Gasteiger charge is -2.34. The van der Waals surface area contributed by atoms with Crippen LogP contribution in [0.4, 0.5) is 0 Å². The van der Waals surface area contributed by atoms with Gasteiger partial charge in [-0.25, -0.2) is 0 Å². The van der Waals surface area contributed by atoms with E-state index < -0.39 is 10.8 Å². The molecule has 0 radical (unpaired) electrons. The molecule has 4 nitrogen and oxygen atoms in total. The molecule has 2 aliphatic carbocycles. The van der Waals surface area contributed by atoms with Gasteiger partial charge < -0.3 is 19.7 Å². The first-order chi connectivity index (χ1) is 31.1. The Labute approximate surface area is 371 Å². The van der Waals surface area contributed by atoms with Gasteiger partial charge in [0.25, 0.3) is 0 Å². The predicted molar refractivity (Wildman–Crippen MR) is 254 cm³/mol. The fourth-order valence-electron chi connectivity index (χ4n) is 10.5. The monoisotopic (exact) mass is 824 g/mol. The Morgan fingerprint density at radius 1 is 0.286 bits per heavy atom. The number of phenols is 2. The largest absolute Gasteiger partial charge is 0.508 e. The number of unbranched alkanes of at least 4 members (excludes halogenated alkanes) is 6. The highest BCUT2D eigenvalue weighted by molar-refractivity contribution is 5.87. The summed E-state index contributed by atoms with van der Waals surface area (Å²) in [6.45, 7) is 1.41. The third kappa shape index (κ3) is 7.14. The Bertz CT molecular complexity index is 2540. The number of ether oxygens (including phenoxy) is 2. The molecule has 0 heterocycles. The van der Waals surface area contributed by atoms with Gasteiger partial charge in [-0.2, -0.15) is 0 Å². The molecule has 8 aromatic carbocycles. The molecule has 63 heavy (non-hydrogen) atoms. The lowest BCUT2D eigenvalue weighted by Crippen LogP contribution is -2.28. The van der Waals surface area contributed by atoms with Crippen LogP contribution in [0.2, 0.25) is 0 Å². The molecule has 2 N–H and O–H groups in total. The molecule has 0 atom stereocenters. The van der Waals surface area contributed by atoms with Gasteiger partial charge >= 0.3 is 0 Å². The molecule has 0 saturated carbocycles. The number of phenolic OH excluding ortho intramolecular Hbond substituents is 2. The second-order valence-electron chi connectivity index (χ2n) is 17.0. The van der Waals surface area contributed by atoms with E-state index in [2.05, 4.69) is 170 Å².